The minimum atomic E-state index is -0.716. The number of imide groups is 1. The molecule has 1 N–H and O–H groups in total. The molecule has 38 heavy (non-hydrogen) atoms. The fourth-order valence-electron chi connectivity index (χ4n) is 5.53. The molecule has 192 valence electrons. The zero-order valence-corrected chi connectivity index (χ0v) is 21.1. The third-order valence-electron chi connectivity index (χ3n) is 7.32. The van der Waals surface area contributed by atoms with Crippen LogP contribution < -0.4 is 14.4 Å². The smallest absolute Gasteiger partial charge is 0.337 e. The van der Waals surface area contributed by atoms with Gasteiger partial charge in [0.2, 0.25) is 0 Å². The number of methoxy groups -OCH3 is 3. The van der Waals surface area contributed by atoms with Crippen molar-refractivity contribution < 1.29 is 28.6 Å². The van der Waals surface area contributed by atoms with E-state index in [2.05, 4.69) is 4.98 Å². The number of fused-ring (bicyclic) bond motifs is 4. The SMILES string of the molecule is COC(=O)c1ccc(C2c3[nH]c4ccccc4c3C[C@@H]3C(=O)N(c4ccc(OC)cc4OC)C(=O)N23)cc1. The predicted molar refractivity (Wildman–Crippen MR) is 140 cm³/mol. The number of nitrogens with zero attached hydrogens (tertiary/aromatic N) is 2. The van der Waals surface area contributed by atoms with Crippen LogP contribution in [0.3, 0.4) is 0 Å². The first-order chi connectivity index (χ1) is 18.5. The van der Waals surface area contributed by atoms with Crippen molar-refractivity contribution in [2.75, 3.05) is 26.2 Å². The summed E-state index contributed by atoms with van der Waals surface area (Å²) in [7, 11) is 4.35. The number of ether oxygens (including phenoxy) is 3. The molecule has 4 aromatic rings. The molecule has 0 radical (unpaired) electrons. The Labute approximate surface area is 218 Å². The van der Waals surface area contributed by atoms with E-state index in [0.717, 1.165) is 27.7 Å². The first-order valence-electron chi connectivity index (χ1n) is 12.1. The van der Waals surface area contributed by atoms with Gasteiger partial charge in [0.15, 0.2) is 0 Å². The van der Waals surface area contributed by atoms with Gasteiger partial charge in [0.05, 0.1) is 32.6 Å². The molecule has 2 atom stereocenters. The van der Waals surface area contributed by atoms with Crippen LogP contribution in [0.2, 0.25) is 0 Å². The zero-order chi connectivity index (χ0) is 26.6. The Hall–Kier alpha value is -4.79. The highest BCUT2D eigenvalue weighted by atomic mass is 16.5. The third kappa shape index (κ3) is 3.42. The van der Waals surface area contributed by atoms with Crippen molar-refractivity contribution in [3.8, 4) is 11.5 Å². The lowest BCUT2D eigenvalue weighted by Crippen LogP contribution is -2.44. The molecule has 6 rings (SSSR count). The average molecular weight is 512 g/mol. The molecular weight excluding hydrogens is 486 g/mol. The van der Waals surface area contributed by atoms with Gasteiger partial charge in [0.25, 0.3) is 5.91 Å². The number of carbonyl (C=O) groups excluding carboxylic acids is 3. The van der Waals surface area contributed by atoms with Crippen LogP contribution in [0.5, 0.6) is 11.5 Å². The highest BCUT2D eigenvalue weighted by Crippen LogP contribution is 2.46. The molecule has 1 aromatic heterocycles. The molecule has 2 aliphatic rings. The number of H-pyrrole nitrogens is 1. The number of para-hydroxylation sites is 1. The Morgan fingerprint density at radius 2 is 1.71 bits per heavy atom. The Morgan fingerprint density at radius 1 is 0.947 bits per heavy atom. The quantitative estimate of drug-likeness (QED) is 0.314. The summed E-state index contributed by atoms with van der Waals surface area (Å²) in [5, 5.41) is 1.01. The number of urea groups is 1. The van der Waals surface area contributed by atoms with Crippen molar-refractivity contribution in [1.29, 1.82) is 0 Å². The number of hydrogen-bond acceptors (Lipinski definition) is 6. The van der Waals surface area contributed by atoms with Gasteiger partial charge in [-0.25, -0.2) is 14.5 Å². The van der Waals surface area contributed by atoms with Crippen LogP contribution in [-0.4, -0.2) is 55.2 Å². The van der Waals surface area contributed by atoms with E-state index >= 15 is 0 Å². The number of aromatic amines is 1. The van der Waals surface area contributed by atoms with Crippen LogP contribution in [0.15, 0.2) is 66.7 Å². The van der Waals surface area contributed by atoms with Gasteiger partial charge in [-0.05, 0) is 41.5 Å². The fourth-order valence-corrected chi connectivity index (χ4v) is 5.53. The number of esters is 1. The third-order valence-corrected chi connectivity index (χ3v) is 7.32. The Morgan fingerprint density at radius 3 is 2.42 bits per heavy atom. The van der Waals surface area contributed by atoms with Crippen LogP contribution in [0.4, 0.5) is 10.5 Å². The van der Waals surface area contributed by atoms with E-state index in [9.17, 15) is 14.4 Å². The molecule has 9 heteroatoms. The number of anilines is 1. The Balaban J connectivity index is 1.50. The number of carbonyl (C=O) groups is 3. The second-order valence-corrected chi connectivity index (χ2v) is 9.20. The van der Waals surface area contributed by atoms with Gasteiger partial charge in [-0.2, -0.15) is 0 Å². The van der Waals surface area contributed by atoms with Gasteiger partial charge in [-0.15, -0.1) is 0 Å². The van der Waals surface area contributed by atoms with E-state index in [-0.39, 0.29) is 5.91 Å². The van der Waals surface area contributed by atoms with Gasteiger partial charge < -0.3 is 19.2 Å². The van der Waals surface area contributed by atoms with Gasteiger partial charge in [-0.1, -0.05) is 30.3 Å². The van der Waals surface area contributed by atoms with Gasteiger partial charge >= 0.3 is 12.0 Å². The molecular formula is C29H25N3O6. The average Bonchev–Trinajstić information content (AvgIpc) is 3.45. The van der Waals surface area contributed by atoms with Crippen molar-refractivity contribution in [3.05, 3.63) is 89.1 Å². The van der Waals surface area contributed by atoms with E-state index < -0.39 is 24.1 Å². The monoisotopic (exact) mass is 511 g/mol. The molecule has 1 saturated heterocycles. The standard InChI is InChI=1S/C29H25N3O6/c1-36-18-12-13-22(24(14-18)37-2)32-27(33)23-15-20-19-6-4-5-7-21(19)30-25(20)26(31(23)29(32)35)16-8-10-17(11-9-16)28(34)38-3/h4-14,23,26,30H,15H2,1-3H3/t23-,26?/m1/s1. The lowest BCUT2D eigenvalue weighted by atomic mass is 9.88. The van der Waals surface area contributed by atoms with Crippen LogP contribution in [0, 0.1) is 0 Å². The molecule has 1 fully saturated rings. The van der Waals surface area contributed by atoms with E-state index in [4.69, 9.17) is 14.2 Å². The highest BCUT2D eigenvalue weighted by Gasteiger charge is 2.53. The fraction of sp³-hybridized carbons (Fsp3) is 0.207. The molecule has 0 spiro atoms. The van der Waals surface area contributed by atoms with Gasteiger partial charge in [-0.3, -0.25) is 9.69 Å². The van der Waals surface area contributed by atoms with E-state index in [1.54, 1.807) is 47.4 Å². The van der Waals surface area contributed by atoms with Crippen molar-refractivity contribution in [2.24, 2.45) is 0 Å². The van der Waals surface area contributed by atoms with E-state index in [1.807, 2.05) is 24.3 Å². The summed E-state index contributed by atoms with van der Waals surface area (Å²) in [4.78, 5) is 46.3. The summed E-state index contributed by atoms with van der Waals surface area (Å²) in [5.74, 6) is 0.126. The van der Waals surface area contributed by atoms with Crippen LogP contribution in [0.25, 0.3) is 10.9 Å². The van der Waals surface area contributed by atoms with Gasteiger partial charge in [0.1, 0.15) is 23.6 Å². The minimum Gasteiger partial charge on any atom is -0.497 e. The minimum absolute atomic E-state index is 0.328. The maximum absolute atomic E-state index is 14.1. The Bertz CT molecular complexity index is 1590. The maximum Gasteiger partial charge on any atom is 0.337 e. The number of amides is 3. The number of aromatic nitrogens is 1. The molecule has 0 bridgehead atoms. The zero-order valence-electron chi connectivity index (χ0n) is 21.1. The normalized spacial score (nSPS) is 18.4. The van der Waals surface area contributed by atoms with Crippen molar-refractivity contribution >= 4 is 34.5 Å². The molecule has 3 heterocycles. The molecule has 3 aromatic carbocycles. The number of benzene rings is 3. The lowest BCUT2D eigenvalue weighted by molar-refractivity contribution is -0.120. The summed E-state index contributed by atoms with van der Waals surface area (Å²) < 4.78 is 15.6. The molecule has 0 saturated carbocycles. The summed E-state index contributed by atoms with van der Waals surface area (Å²) in [5.41, 5.74) is 4.29. The lowest BCUT2D eigenvalue weighted by Gasteiger charge is -2.36. The highest BCUT2D eigenvalue weighted by molar-refractivity contribution is 6.22. The topological polar surface area (TPSA) is 101 Å². The maximum atomic E-state index is 14.1. The van der Waals surface area contributed by atoms with Crippen molar-refractivity contribution in [1.82, 2.24) is 9.88 Å². The molecule has 1 unspecified atom stereocenters. The second-order valence-electron chi connectivity index (χ2n) is 9.20. The molecule has 9 nitrogen and oxygen atoms in total. The number of hydrogen-bond donors (Lipinski definition) is 1. The summed E-state index contributed by atoms with van der Waals surface area (Å²) in [6.07, 6.45) is 0.371. The molecule has 0 aliphatic carbocycles. The van der Waals surface area contributed by atoms with Crippen LogP contribution in [-0.2, 0) is 16.0 Å². The number of rotatable bonds is 5. The largest absolute Gasteiger partial charge is 0.497 e. The van der Waals surface area contributed by atoms with Crippen molar-refractivity contribution in [2.45, 2.75) is 18.5 Å². The first-order valence-corrected chi connectivity index (χ1v) is 12.1. The summed E-state index contributed by atoms with van der Waals surface area (Å²) >= 11 is 0. The summed E-state index contributed by atoms with van der Waals surface area (Å²) in [6, 6.07) is 18.1. The van der Waals surface area contributed by atoms with Gasteiger partial charge in [0, 0.05) is 29.1 Å². The van der Waals surface area contributed by atoms with Crippen LogP contribution in [0.1, 0.15) is 33.2 Å². The first kappa shape index (κ1) is 23.6. The Kier molecular flexibility index (Phi) is 5.56. The van der Waals surface area contributed by atoms with E-state index in [1.165, 1.54) is 26.2 Å². The van der Waals surface area contributed by atoms with Crippen molar-refractivity contribution in [3.63, 3.8) is 0 Å². The summed E-state index contributed by atoms with van der Waals surface area (Å²) in [6.45, 7) is 0. The van der Waals surface area contributed by atoms with Crippen LogP contribution >= 0.6 is 0 Å². The predicted octanol–water partition coefficient (Wildman–Crippen LogP) is 4.45. The number of nitrogens with one attached hydrogen (secondary N) is 1. The molecule has 3 amide bonds. The molecule has 2 aliphatic heterocycles. The van der Waals surface area contributed by atoms with E-state index in [0.29, 0.717) is 29.2 Å². The second kappa shape index (κ2) is 8.95.